The first-order valence-corrected chi connectivity index (χ1v) is 8.27. The van der Waals surface area contributed by atoms with E-state index in [4.69, 9.17) is 4.74 Å². The molecular weight excluding hydrogens is 312 g/mol. The Labute approximate surface area is 140 Å². The lowest BCUT2D eigenvalue weighted by Gasteiger charge is -2.17. The van der Waals surface area contributed by atoms with Gasteiger partial charge >= 0.3 is 0 Å². The molecule has 0 saturated heterocycles. The Morgan fingerprint density at radius 1 is 1.21 bits per heavy atom. The number of carbonyl (C=O) groups is 1. The molecule has 0 aliphatic heterocycles. The minimum atomic E-state index is -0.806. The molecule has 2 aromatic rings. The van der Waals surface area contributed by atoms with Gasteiger partial charge in [0.05, 0.1) is 0 Å². The molecule has 0 spiro atoms. The zero-order valence-electron chi connectivity index (χ0n) is 13.9. The van der Waals surface area contributed by atoms with E-state index in [1.165, 1.54) is 18.9 Å². The highest BCUT2D eigenvalue weighted by atomic mass is 19.1. The zero-order chi connectivity index (χ0) is 17.3. The fourth-order valence-electron chi connectivity index (χ4n) is 3.60. The van der Waals surface area contributed by atoms with E-state index in [0.29, 0.717) is 11.6 Å². The Kier molecular flexibility index (Phi) is 4.69. The molecule has 24 heavy (non-hydrogen) atoms. The summed E-state index contributed by atoms with van der Waals surface area (Å²) in [6.45, 7) is 3.68. The van der Waals surface area contributed by atoms with Crippen molar-refractivity contribution in [3.63, 3.8) is 0 Å². The van der Waals surface area contributed by atoms with Crippen LogP contribution in [0.5, 0.6) is 5.75 Å². The van der Waals surface area contributed by atoms with Crippen LogP contribution in [0.2, 0.25) is 0 Å². The van der Waals surface area contributed by atoms with Gasteiger partial charge in [-0.1, -0.05) is 12.8 Å². The molecule has 3 rings (SSSR count). The second-order valence-electron chi connectivity index (χ2n) is 6.38. The Balaban J connectivity index is 1.74. The zero-order valence-corrected chi connectivity index (χ0v) is 13.9. The van der Waals surface area contributed by atoms with Crippen LogP contribution in [-0.4, -0.2) is 17.0 Å². The molecular formula is C19H21F2NO2. The molecule has 0 atom stereocenters. The summed E-state index contributed by atoms with van der Waals surface area (Å²) in [5.41, 5.74) is 2.62. The van der Waals surface area contributed by atoms with E-state index in [1.54, 1.807) is 0 Å². The van der Waals surface area contributed by atoms with Crippen LogP contribution < -0.4 is 4.74 Å². The molecule has 0 N–H and O–H groups in total. The van der Waals surface area contributed by atoms with E-state index in [-0.39, 0.29) is 18.1 Å². The van der Waals surface area contributed by atoms with Crippen LogP contribution in [0.25, 0.3) is 0 Å². The van der Waals surface area contributed by atoms with Gasteiger partial charge in [-0.3, -0.25) is 4.79 Å². The number of hydrogen-bond acceptors (Lipinski definition) is 2. The Bertz CT molecular complexity index is 761. The van der Waals surface area contributed by atoms with Crippen molar-refractivity contribution >= 4 is 5.78 Å². The molecule has 0 bridgehead atoms. The summed E-state index contributed by atoms with van der Waals surface area (Å²) in [4.78, 5) is 12.5. The maximum Gasteiger partial charge on any atom is 0.202 e. The third-order valence-electron chi connectivity index (χ3n) is 4.73. The topological polar surface area (TPSA) is 31.2 Å². The van der Waals surface area contributed by atoms with Crippen molar-refractivity contribution in [3.05, 3.63) is 52.9 Å². The van der Waals surface area contributed by atoms with Gasteiger partial charge in [0.2, 0.25) is 5.78 Å². The second kappa shape index (κ2) is 6.75. The molecule has 1 saturated carbocycles. The van der Waals surface area contributed by atoms with Gasteiger partial charge in [-0.15, -0.1) is 0 Å². The standard InChI is InChI=1S/C19H21F2NO2/c1-12-9-16(13(2)22(12)15-5-3-4-6-15)18(23)11-24-19-8-7-14(20)10-17(19)21/h7-10,15H,3-6,11H2,1-2H3. The van der Waals surface area contributed by atoms with E-state index in [9.17, 15) is 13.6 Å². The van der Waals surface area contributed by atoms with Crippen LogP contribution in [-0.2, 0) is 0 Å². The summed E-state index contributed by atoms with van der Waals surface area (Å²) in [5.74, 6) is -1.80. The van der Waals surface area contributed by atoms with Gasteiger partial charge in [0.1, 0.15) is 5.82 Å². The molecule has 1 aliphatic rings. The average molecular weight is 333 g/mol. The summed E-state index contributed by atoms with van der Waals surface area (Å²) in [5, 5.41) is 0. The quantitative estimate of drug-likeness (QED) is 0.739. The summed E-state index contributed by atoms with van der Waals surface area (Å²) in [7, 11) is 0. The van der Waals surface area contributed by atoms with E-state index in [0.717, 1.165) is 36.4 Å². The number of rotatable bonds is 5. The molecule has 1 fully saturated rings. The van der Waals surface area contributed by atoms with Crippen molar-refractivity contribution in [2.75, 3.05) is 6.61 Å². The summed E-state index contributed by atoms with van der Waals surface area (Å²) in [6.07, 6.45) is 4.72. The number of halogens is 2. The van der Waals surface area contributed by atoms with Crippen LogP contribution in [0.3, 0.4) is 0 Å². The highest BCUT2D eigenvalue weighted by Crippen LogP contribution is 2.33. The van der Waals surface area contributed by atoms with Crippen LogP contribution in [0.4, 0.5) is 8.78 Å². The minimum absolute atomic E-state index is 0.116. The number of aryl methyl sites for hydroxylation is 1. The SMILES string of the molecule is Cc1cc(C(=O)COc2ccc(F)cc2F)c(C)n1C1CCCC1. The van der Waals surface area contributed by atoms with Gasteiger partial charge in [-0.25, -0.2) is 8.78 Å². The van der Waals surface area contributed by atoms with Gasteiger partial charge in [0.25, 0.3) is 0 Å². The maximum atomic E-state index is 13.6. The lowest BCUT2D eigenvalue weighted by atomic mass is 10.1. The Morgan fingerprint density at radius 3 is 2.58 bits per heavy atom. The van der Waals surface area contributed by atoms with Gasteiger partial charge < -0.3 is 9.30 Å². The fraction of sp³-hybridized carbons (Fsp3) is 0.421. The lowest BCUT2D eigenvalue weighted by molar-refractivity contribution is 0.0918. The smallest absolute Gasteiger partial charge is 0.202 e. The van der Waals surface area contributed by atoms with Crippen molar-refractivity contribution < 1.29 is 18.3 Å². The highest BCUT2D eigenvalue weighted by molar-refractivity contribution is 5.98. The lowest BCUT2D eigenvalue weighted by Crippen LogP contribution is -2.14. The largest absolute Gasteiger partial charge is 0.482 e. The minimum Gasteiger partial charge on any atom is -0.482 e. The number of ketones is 1. The number of benzene rings is 1. The number of hydrogen-bond donors (Lipinski definition) is 0. The monoisotopic (exact) mass is 333 g/mol. The van der Waals surface area contributed by atoms with Crippen molar-refractivity contribution in [1.29, 1.82) is 0 Å². The van der Waals surface area contributed by atoms with Crippen molar-refractivity contribution in [1.82, 2.24) is 4.57 Å². The molecule has 1 aromatic carbocycles. The molecule has 0 amide bonds. The number of Topliss-reactive ketones (excluding diaryl/α,β-unsaturated/α-hetero) is 1. The second-order valence-corrected chi connectivity index (χ2v) is 6.38. The van der Waals surface area contributed by atoms with Crippen molar-refractivity contribution in [2.24, 2.45) is 0 Å². The first-order chi connectivity index (χ1) is 11.5. The predicted octanol–water partition coefficient (Wildman–Crippen LogP) is 4.76. The van der Waals surface area contributed by atoms with Crippen molar-refractivity contribution in [3.8, 4) is 5.75 Å². The van der Waals surface area contributed by atoms with Gasteiger partial charge in [-0.05, 0) is 44.9 Å². The summed E-state index contributed by atoms with van der Waals surface area (Å²) in [6, 6.07) is 5.38. The number of carbonyl (C=O) groups excluding carboxylic acids is 1. The van der Waals surface area contributed by atoms with E-state index < -0.39 is 11.6 Å². The number of ether oxygens (including phenoxy) is 1. The summed E-state index contributed by atoms with van der Waals surface area (Å²) < 4.78 is 33.9. The normalized spacial score (nSPS) is 15.0. The fourth-order valence-corrected chi connectivity index (χ4v) is 3.60. The van der Waals surface area contributed by atoms with Crippen LogP contribution in [0, 0.1) is 25.5 Å². The van der Waals surface area contributed by atoms with E-state index >= 15 is 0 Å². The third kappa shape index (κ3) is 3.21. The molecule has 0 unspecified atom stereocenters. The predicted molar refractivity (Wildman–Crippen MR) is 87.6 cm³/mol. The average Bonchev–Trinajstić information content (AvgIpc) is 3.14. The maximum absolute atomic E-state index is 13.6. The molecule has 0 radical (unpaired) electrons. The van der Waals surface area contributed by atoms with Crippen LogP contribution >= 0.6 is 0 Å². The molecule has 5 heteroatoms. The van der Waals surface area contributed by atoms with E-state index in [1.807, 2.05) is 19.9 Å². The van der Waals surface area contributed by atoms with Crippen LogP contribution in [0.1, 0.15) is 53.5 Å². The van der Waals surface area contributed by atoms with Gasteiger partial charge in [-0.2, -0.15) is 0 Å². The first kappa shape index (κ1) is 16.7. The third-order valence-corrected chi connectivity index (χ3v) is 4.73. The number of aromatic nitrogens is 1. The molecule has 3 nitrogen and oxygen atoms in total. The molecule has 128 valence electrons. The molecule has 1 aliphatic carbocycles. The Hall–Kier alpha value is -2.17. The Morgan fingerprint density at radius 2 is 1.92 bits per heavy atom. The van der Waals surface area contributed by atoms with Crippen molar-refractivity contribution in [2.45, 2.75) is 45.6 Å². The van der Waals surface area contributed by atoms with Crippen LogP contribution in [0.15, 0.2) is 24.3 Å². The van der Waals surface area contributed by atoms with Gasteiger partial charge in [0.15, 0.2) is 18.2 Å². The highest BCUT2D eigenvalue weighted by Gasteiger charge is 2.23. The van der Waals surface area contributed by atoms with E-state index in [2.05, 4.69) is 4.57 Å². The first-order valence-electron chi connectivity index (χ1n) is 8.27. The number of nitrogens with zero attached hydrogens (tertiary/aromatic N) is 1. The van der Waals surface area contributed by atoms with Gasteiger partial charge in [0, 0.05) is 29.1 Å². The molecule has 1 heterocycles. The molecule has 1 aromatic heterocycles. The summed E-state index contributed by atoms with van der Waals surface area (Å²) >= 11 is 0.